The van der Waals surface area contributed by atoms with Gasteiger partial charge in [-0.1, -0.05) is 87.0 Å². The molecule has 2 heterocycles. The normalized spacial score (nSPS) is 13.7. The van der Waals surface area contributed by atoms with Gasteiger partial charge in [-0.05, 0) is 78.3 Å². The molecule has 82 heavy (non-hydrogen) atoms. The van der Waals surface area contributed by atoms with Crippen molar-refractivity contribution < 1.29 is 58.8 Å². The monoisotopic (exact) mass is 1140 g/mol. The number of hydrogen-bond donors (Lipinski definition) is 13. The van der Waals surface area contributed by atoms with E-state index in [1.165, 1.54) is 90.7 Å². The number of anilines is 1. The van der Waals surface area contributed by atoms with Crippen LogP contribution in [0.25, 0.3) is 22.3 Å². The minimum atomic E-state index is -1.51. The Bertz CT molecular complexity index is 3180. The Kier molecular flexibility index (Phi) is 22.5. The van der Waals surface area contributed by atoms with Gasteiger partial charge in [0, 0.05) is 44.0 Å². The second kappa shape index (κ2) is 29.8. The zero-order chi connectivity index (χ0) is 59.5. The third-order valence-corrected chi connectivity index (χ3v) is 13.8. The topological polar surface area (TPSA) is 371 Å². The molecule has 7 amide bonds. The summed E-state index contributed by atoms with van der Waals surface area (Å²) in [6.45, 7) is 4.56. The molecule has 24 nitrogen and oxygen atoms in total. The number of carboxylic acid groups (broad SMARTS) is 1. The largest absolute Gasteiger partial charge is 0.508 e. The first-order valence-corrected chi connectivity index (χ1v) is 27.1. The molecule has 7 atom stereocenters. The van der Waals surface area contributed by atoms with E-state index in [1.807, 2.05) is 30.3 Å². The Labute approximate surface area is 477 Å². The molecule has 434 valence electrons. The average Bonchev–Trinajstić information content (AvgIpc) is 3.94. The summed E-state index contributed by atoms with van der Waals surface area (Å²) in [5.74, 6) is -7.13. The lowest BCUT2D eigenvalue weighted by molar-refractivity contribution is -0.142. The number of nitrogens with two attached hydrogens (primary N) is 1. The van der Waals surface area contributed by atoms with Gasteiger partial charge in [0.05, 0.1) is 5.39 Å². The van der Waals surface area contributed by atoms with Gasteiger partial charge in [0.25, 0.3) is 0 Å². The summed E-state index contributed by atoms with van der Waals surface area (Å²) in [5, 5.41) is 64.0. The first kappa shape index (κ1) is 61.9. The number of fused-ring (bicyclic) bond motifs is 1. The zero-order valence-electron chi connectivity index (χ0n) is 45.4. The lowest BCUT2D eigenvalue weighted by atomic mass is 9.96. The number of carbonyl (C=O) groups excluding carboxylic acids is 7. The quantitative estimate of drug-likeness (QED) is 0.0236. The second-order valence-electron chi connectivity index (χ2n) is 19.7. The summed E-state index contributed by atoms with van der Waals surface area (Å²) in [4.78, 5) is 118. The molecule has 6 rings (SSSR count). The number of nitrogens with one attached hydrogen (secondary N) is 7. The van der Waals surface area contributed by atoms with E-state index >= 15 is 0 Å². The van der Waals surface area contributed by atoms with E-state index in [4.69, 9.17) is 5.73 Å². The first-order valence-electron chi connectivity index (χ1n) is 26.5. The van der Waals surface area contributed by atoms with Gasteiger partial charge < -0.3 is 63.4 Å². The van der Waals surface area contributed by atoms with Crippen LogP contribution in [-0.2, 0) is 64.2 Å². The van der Waals surface area contributed by atoms with Crippen LogP contribution in [0.2, 0.25) is 0 Å². The van der Waals surface area contributed by atoms with E-state index in [2.05, 4.69) is 64.9 Å². The van der Waals surface area contributed by atoms with E-state index in [1.54, 1.807) is 13.8 Å². The number of carboxylic acids is 1. The fourth-order valence-corrected chi connectivity index (χ4v) is 9.05. The van der Waals surface area contributed by atoms with Crippen LogP contribution in [0.3, 0.4) is 0 Å². The van der Waals surface area contributed by atoms with E-state index in [0.717, 1.165) is 5.56 Å². The lowest BCUT2D eigenvalue weighted by Crippen LogP contribution is -2.61. The number of unbranched alkanes of at least 4 members (excludes halogenated alkanes) is 1. The maximum Gasteiger partial charge on any atom is 0.326 e. The second-order valence-corrected chi connectivity index (χ2v) is 20.0. The van der Waals surface area contributed by atoms with Crippen LogP contribution in [-0.4, -0.2) is 136 Å². The highest BCUT2D eigenvalue weighted by atomic mass is 32.1. The third kappa shape index (κ3) is 17.9. The maximum atomic E-state index is 14.8. The van der Waals surface area contributed by atoms with Crippen molar-refractivity contribution in [3.63, 3.8) is 0 Å². The molecule has 0 radical (unpaired) electrons. The number of thiol groups is 1. The Morgan fingerprint density at radius 1 is 0.610 bits per heavy atom. The molecule has 0 aliphatic carbocycles. The Morgan fingerprint density at radius 2 is 1.10 bits per heavy atom. The third-order valence-electron chi connectivity index (χ3n) is 13.5. The van der Waals surface area contributed by atoms with Crippen LogP contribution >= 0.6 is 12.6 Å². The zero-order valence-corrected chi connectivity index (χ0v) is 46.3. The van der Waals surface area contributed by atoms with Gasteiger partial charge in [-0.15, -0.1) is 0 Å². The molecule has 13 N–H and O–H groups in total. The fourth-order valence-electron chi connectivity index (χ4n) is 8.80. The van der Waals surface area contributed by atoms with E-state index in [0.29, 0.717) is 39.8 Å². The number of amides is 7. The number of hydrogen-bond acceptors (Lipinski definition) is 16. The van der Waals surface area contributed by atoms with Crippen LogP contribution < -0.4 is 43.0 Å². The van der Waals surface area contributed by atoms with Crippen molar-refractivity contribution in [2.45, 2.75) is 109 Å². The molecule has 0 fully saturated rings. The van der Waals surface area contributed by atoms with E-state index in [-0.39, 0.29) is 80.4 Å². The van der Waals surface area contributed by atoms with E-state index in [9.17, 15) is 58.8 Å². The molecular weight excluding hydrogens is 1080 g/mol. The fraction of sp³-hybridized carbons (Fsp3) is 0.351. The van der Waals surface area contributed by atoms with Gasteiger partial charge in [0.1, 0.15) is 77.9 Å². The summed E-state index contributed by atoms with van der Waals surface area (Å²) in [5.41, 5.74) is 9.19. The summed E-state index contributed by atoms with van der Waals surface area (Å²) in [7, 11) is 0. The molecule has 0 spiro atoms. The van der Waals surface area contributed by atoms with Crippen LogP contribution in [0.1, 0.15) is 63.1 Å². The highest BCUT2D eigenvalue weighted by molar-refractivity contribution is 7.80. The van der Waals surface area contributed by atoms with Crippen molar-refractivity contribution >= 4 is 76.8 Å². The summed E-state index contributed by atoms with van der Waals surface area (Å²) in [6, 6.07) is 18.2. The van der Waals surface area contributed by atoms with Gasteiger partial charge in [0.15, 0.2) is 5.65 Å². The summed E-state index contributed by atoms with van der Waals surface area (Å²) >= 11 is 4.19. The number of phenols is 3. The van der Waals surface area contributed by atoms with Crippen molar-refractivity contribution in [1.29, 1.82) is 0 Å². The predicted molar refractivity (Wildman–Crippen MR) is 306 cm³/mol. The number of benzene rings is 4. The first-order chi connectivity index (χ1) is 39.2. The predicted octanol–water partition coefficient (Wildman–Crippen LogP) is 2.20. The van der Waals surface area contributed by atoms with Crippen molar-refractivity contribution in [1.82, 2.24) is 57.0 Å². The van der Waals surface area contributed by atoms with E-state index < -0.39 is 89.5 Å². The van der Waals surface area contributed by atoms with Gasteiger partial charge in [0.2, 0.25) is 41.4 Å². The molecule has 2 aromatic heterocycles. The number of aromatic nitrogens is 4. The number of phenolic OH excluding ortho intramolecular Hbond substituents is 3. The van der Waals surface area contributed by atoms with Crippen molar-refractivity contribution in [2.24, 2.45) is 5.92 Å². The highest BCUT2D eigenvalue weighted by Crippen LogP contribution is 2.30. The minimum absolute atomic E-state index is 0.0577. The van der Waals surface area contributed by atoms with Crippen molar-refractivity contribution in [2.75, 3.05) is 18.0 Å². The van der Waals surface area contributed by atoms with Crippen LogP contribution in [0.4, 0.5) is 5.82 Å². The number of rotatable bonds is 29. The molecule has 7 unspecified atom stereocenters. The number of nitrogens with zero attached hydrogens (tertiary/aromatic N) is 4. The van der Waals surface area contributed by atoms with Gasteiger partial charge in [-0.25, -0.2) is 19.4 Å². The maximum absolute atomic E-state index is 14.8. The Hall–Kier alpha value is -9.26. The summed E-state index contributed by atoms with van der Waals surface area (Å²) < 4.78 is 1.41. The van der Waals surface area contributed by atoms with Crippen LogP contribution in [0, 0.1) is 5.92 Å². The molecule has 6 aromatic rings. The van der Waals surface area contributed by atoms with Crippen LogP contribution in [0.5, 0.6) is 17.2 Å². The number of aromatic hydroxyl groups is 3. The molecule has 0 saturated carbocycles. The molecule has 0 saturated heterocycles. The number of aliphatic carboxylic acids is 1. The molecule has 0 bridgehead atoms. The number of nitrogen functional groups attached to an aromatic ring is 1. The SMILES string of the molecule is CCC(C)C(NC(=O)C(CS)NC(C)=O)C(=O)NC(Cc1ccc(O)cc1)C(=O)NC(CCCCNC(=O)Cn1nc(-c2ccccc2)c2c(N)ncnc21)C(=O)NC(Cc1ccc(O)cc1)C(=O)NC(Cc1ccc(O)cc1)C(=O)O. The van der Waals surface area contributed by atoms with Gasteiger partial charge >= 0.3 is 5.97 Å². The average molecular weight is 1150 g/mol. The van der Waals surface area contributed by atoms with Gasteiger partial charge in [-0.3, -0.25) is 33.6 Å². The van der Waals surface area contributed by atoms with Gasteiger partial charge in [-0.2, -0.15) is 17.7 Å². The molecule has 25 heteroatoms. The highest BCUT2D eigenvalue weighted by Gasteiger charge is 2.35. The van der Waals surface area contributed by atoms with Crippen LogP contribution in [0.15, 0.2) is 109 Å². The smallest absolute Gasteiger partial charge is 0.326 e. The Balaban J connectivity index is 1.26. The van der Waals surface area contributed by atoms with Crippen molar-refractivity contribution in [3.05, 3.63) is 126 Å². The standard InChI is InChI=1S/C57H68N12O12S/c1-4-32(2)48(67-55(78)45(30-82)62-33(3)70)56(79)65-43(27-35-15-21-39(72)22-16-35)53(76)63-41(12-8-9-25-59-46(74)29-69-51-47(50(58)60-31-61-51)49(68-69)37-10-6-5-7-11-37)52(75)64-42(26-34-13-19-38(71)20-14-34)54(77)66-44(57(80)81)28-36-17-23-40(73)24-18-36/h5-7,10-11,13-24,31-32,41-45,48,71-73,82H,4,8-9,12,25-30H2,1-3H3,(H,59,74)(H,62,70)(H,63,76)(H,64,75)(H,65,79)(H,66,77)(H,67,78)(H,80,81)(H2,58,60,61). The van der Waals surface area contributed by atoms with Crippen molar-refractivity contribution in [3.8, 4) is 28.5 Å². The lowest BCUT2D eigenvalue weighted by Gasteiger charge is -2.29. The minimum Gasteiger partial charge on any atom is -0.508 e. The molecular formula is C57H68N12O12S. The molecule has 4 aromatic carbocycles. The molecule has 0 aliphatic rings. The number of carbonyl (C=O) groups is 8. The molecule has 0 aliphatic heterocycles. The summed E-state index contributed by atoms with van der Waals surface area (Å²) in [6.07, 6.45) is 1.37. The Morgan fingerprint density at radius 3 is 1.61 bits per heavy atom.